The van der Waals surface area contributed by atoms with Crippen LogP contribution in [0.15, 0.2) is 36.4 Å². The maximum atomic E-state index is 6.00. The first-order valence-electron chi connectivity index (χ1n) is 5.94. The maximum Gasteiger partial charge on any atom is 0.218 e. The van der Waals surface area contributed by atoms with Crippen LogP contribution in [0.1, 0.15) is 6.92 Å². The monoisotopic (exact) mass is 278 g/mol. The highest BCUT2D eigenvalue weighted by atomic mass is 35.5. The van der Waals surface area contributed by atoms with Gasteiger partial charge in [0.15, 0.2) is 5.82 Å². The molecule has 5 heteroatoms. The Morgan fingerprint density at radius 2 is 1.95 bits per heavy atom. The largest absolute Gasteiger partial charge is 0.472 e. The summed E-state index contributed by atoms with van der Waals surface area (Å²) in [5, 5.41) is 0.355. The van der Waals surface area contributed by atoms with Crippen LogP contribution in [0.4, 0.5) is 0 Å². The summed E-state index contributed by atoms with van der Waals surface area (Å²) in [6.07, 6.45) is -0.0976. The summed E-state index contributed by atoms with van der Waals surface area (Å²) in [4.78, 5) is 8.55. The average Bonchev–Trinajstić information content (AvgIpc) is 2.39. The number of benzene rings is 1. The van der Waals surface area contributed by atoms with E-state index in [2.05, 4.69) is 9.97 Å². The van der Waals surface area contributed by atoms with Gasteiger partial charge in [0.2, 0.25) is 5.88 Å². The molecule has 0 saturated carbocycles. The van der Waals surface area contributed by atoms with Gasteiger partial charge in [-0.1, -0.05) is 41.9 Å². The van der Waals surface area contributed by atoms with Crippen LogP contribution >= 0.6 is 11.6 Å². The van der Waals surface area contributed by atoms with Crippen molar-refractivity contribution in [3.8, 4) is 17.3 Å². The summed E-state index contributed by atoms with van der Waals surface area (Å²) in [6.45, 7) is 2.39. The predicted molar refractivity (Wildman–Crippen MR) is 74.4 cm³/mol. The molecule has 0 aliphatic rings. The third-order valence-corrected chi connectivity index (χ3v) is 2.62. The first-order chi connectivity index (χ1) is 9.19. The van der Waals surface area contributed by atoms with Gasteiger partial charge in [-0.15, -0.1) is 0 Å². The standard InChI is InChI=1S/C14H15ClN2O2/c1-10(9-18-2)19-13-8-12(15)16-14(17-13)11-6-4-3-5-7-11/h3-8,10H,9H2,1-2H3. The van der Waals surface area contributed by atoms with Gasteiger partial charge in [-0.3, -0.25) is 0 Å². The van der Waals surface area contributed by atoms with Crippen molar-refractivity contribution in [3.05, 3.63) is 41.6 Å². The van der Waals surface area contributed by atoms with Crippen molar-refractivity contribution in [1.29, 1.82) is 0 Å². The van der Waals surface area contributed by atoms with Crippen molar-refractivity contribution in [3.63, 3.8) is 0 Å². The molecule has 1 aromatic carbocycles. The number of aromatic nitrogens is 2. The molecule has 0 spiro atoms. The molecule has 2 rings (SSSR count). The highest BCUT2D eigenvalue weighted by Gasteiger charge is 2.09. The van der Waals surface area contributed by atoms with Crippen molar-refractivity contribution < 1.29 is 9.47 Å². The van der Waals surface area contributed by atoms with E-state index < -0.39 is 0 Å². The topological polar surface area (TPSA) is 44.2 Å². The highest BCUT2D eigenvalue weighted by molar-refractivity contribution is 6.29. The molecule has 1 atom stereocenters. The zero-order valence-electron chi connectivity index (χ0n) is 10.8. The first kappa shape index (κ1) is 13.8. The van der Waals surface area contributed by atoms with Gasteiger partial charge in [0.25, 0.3) is 0 Å². The number of hydrogen-bond acceptors (Lipinski definition) is 4. The molecule has 0 bridgehead atoms. The number of nitrogens with zero attached hydrogens (tertiary/aromatic N) is 2. The van der Waals surface area contributed by atoms with E-state index >= 15 is 0 Å². The average molecular weight is 279 g/mol. The summed E-state index contributed by atoms with van der Waals surface area (Å²) < 4.78 is 10.7. The Kier molecular flexibility index (Phi) is 4.71. The summed E-state index contributed by atoms with van der Waals surface area (Å²) in [7, 11) is 1.63. The van der Waals surface area contributed by atoms with Crippen molar-refractivity contribution in [2.24, 2.45) is 0 Å². The quantitative estimate of drug-likeness (QED) is 0.788. The molecule has 1 unspecified atom stereocenters. The molecule has 0 aliphatic carbocycles. The predicted octanol–water partition coefficient (Wildman–Crippen LogP) is 3.21. The van der Waals surface area contributed by atoms with Crippen molar-refractivity contribution >= 4 is 11.6 Å². The fourth-order valence-corrected chi connectivity index (χ4v) is 1.82. The highest BCUT2D eigenvalue weighted by Crippen LogP contribution is 2.21. The van der Waals surface area contributed by atoms with Crippen LogP contribution in [0.25, 0.3) is 11.4 Å². The lowest BCUT2D eigenvalue weighted by Crippen LogP contribution is -2.18. The van der Waals surface area contributed by atoms with E-state index in [4.69, 9.17) is 21.1 Å². The molecule has 0 saturated heterocycles. The Bertz CT molecular complexity index is 534. The Labute approximate surface area is 117 Å². The van der Waals surface area contributed by atoms with Crippen molar-refractivity contribution in [1.82, 2.24) is 9.97 Å². The van der Waals surface area contributed by atoms with Crippen molar-refractivity contribution in [2.75, 3.05) is 13.7 Å². The Morgan fingerprint density at radius 3 is 2.63 bits per heavy atom. The third-order valence-electron chi connectivity index (χ3n) is 2.43. The summed E-state index contributed by atoms with van der Waals surface area (Å²) in [5.41, 5.74) is 0.897. The van der Waals surface area contributed by atoms with Gasteiger partial charge < -0.3 is 9.47 Å². The summed E-state index contributed by atoms with van der Waals surface area (Å²) >= 11 is 6.00. The second-order valence-corrected chi connectivity index (χ2v) is 4.49. The molecule has 100 valence electrons. The van der Waals surface area contributed by atoms with Crippen LogP contribution in [-0.4, -0.2) is 29.8 Å². The van der Waals surface area contributed by atoms with Gasteiger partial charge in [-0.25, -0.2) is 4.98 Å². The fourth-order valence-electron chi connectivity index (χ4n) is 1.65. The van der Waals surface area contributed by atoms with Crippen LogP contribution in [0.5, 0.6) is 5.88 Å². The SMILES string of the molecule is COCC(C)Oc1cc(Cl)nc(-c2ccccc2)n1. The van der Waals surface area contributed by atoms with Gasteiger partial charge in [-0.2, -0.15) is 4.98 Å². The smallest absolute Gasteiger partial charge is 0.218 e. The molecule has 0 amide bonds. The molecular weight excluding hydrogens is 264 g/mol. The normalized spacial score (nSPS) is 12.2. The molecule has 0 fully saturated rings. The third kappa shape index (κ3) is 3.91. The molecule has 0 N–H and O–H groups in total. The fraction of sp³-hybridized carbons (Fsp3) is 0.286. The molecule has 0 aliphatic heterocycles. The molecule has 2 aromatic rings. The molecular formula is C14H15ClN2O2. The molecule has 19 heavy (non-hydrogen) atoms. The Morgan fingerprint density at radius 1 is 1.21 bits per heavy atom. The minimum absolute atomic E-state index is 0.0976. The Balaban J connectivity index is 2.25. The lowest BCUT2D eigenvalue weighted by molar-refractivity contribution is 0.0890. The van der Waals surface area contributed by atoms with Crippen LogP contribution < -0.4 is 4.74 Å². The van der Waals surface area contributed by atoms with Gasteiger partial charge in [0.05, 0.1) is 6.61 Å². The minimum atomic E-state index is -0.0976. The lowest BCUT2D eigenvalue weighted by Gasteiger charge is -2.13. The first-order valence-corrected chi connectivity index (χ1v) is 6.32. The van der Waals surface area contributed by atoms with Crippen LogP contribution in [0.2, 0.25) is 5.15 Å². The van der Waals surface area contributed by atoms with Crippen LogP contribution in [0.3, 0.4) is 0 Å². The van der Waals surface area contributed by atoms with Crippen LogP contribution in [0, 0.1) is 0 Å². The summed E-state index contributed by atoms with van der Waals surface area (Å²) in [6, 6.07) is 11.2. The van der Waals surface area contributed by atoms with E-state index in [1.54, 1.807) is 13.2 Å². The Hall–Kier alpha value is -1.65. The number of rotatable bonds is 5. The number of halogens is 1. The van der Waals surface area contributed by atoms with Gasteiger partial charge >= 0.3 is 0 Å². The molecule has 4 nitrogen and oxygen atoms in total. The zero-order valence-corrected chi connectivity index (χ0v) is 11.6. The summed E-state index contributed by atoms with van der Waals surface area (Å²) in [5.74, 6) is 0.996. The van der Waals surface area contributed by atoms with E-state index in [0.717, 1.165) is 5.56 Å². The number of ether oxygens (including phenoxy) is 2. The van der Waals surface area contributed by atoms with E-state index in [-0.39, 0.29) is 6.10 Å². The zero-order chi connectivity index (χ0) is 13.7. The van der Waals surface area contributed by atoms with E-state index in [9.17, 15) is 0 Å². The number of methoxy groups -OCH3 is 1. The van der Waals surface area contributed by atoms with Gasteiger partial charge in [0.1, 0.15) is 11.3 Å². The number of hydrogen-bond donors (Lipinski definition) is 0. The van der Waals surface area contributed by atoms with Crippen LogP contribution in [-0.2, 0) is 4.74 Å². The van der Waals surface area contributed by atoms with E-state index in [1.807, 2.05) is 37.3 Å². The minimum Gasteiger partial charge on any atom is -0.472 e. The molecule has 0 radical (unpaired) electrons. The second kappa shape index (κ2) is 6.50. The van der Waals surface area contributed by atoms with Gasteiger partial charge in [-0.05, 0) is 6.92 Å². The van der Waals surface area contributed by atoms with Gasteiger partial charge in [0, 0.05) is 18.7 Å². The van der Waals surface area contributed by atoms with E-state index in [0.29, 0.717) is 23.5 Å². The maximum absolute atomic E-state index is 6.00. The lowest BCUT2D eigenvalue weighted by atomic mass is 10.2. The van der Waals surface area contributed by atoms with E-state index in [1.165, 1.54) is 0 Å². The second-order valence-electron chi connectivity index (χ2n) is 4.10. The molecule has 1 aromatic heterocycles. The molecule has 1 heterocycles. The van der Waals surface area contributed by atoms with Crippen molar-refractivity contribution in [2.45, 2.75) is 13.0 Å².